The molecule has 1 saturated heterocycles. The quantitative estimate of drug-likeness (QED) is 0.829. The lowest BCUT2D eigenvalue weighted by Crippen LogP contribution is -2.41. The Bertz CT molecular complexity index is 972. The van der Waals surface area contributed by atoms with Crippen molar-refractivity contribution >= 4 is 21.6 Å². The number of sulfonamides is 1. The van der Waals surface area contributed by atoms with Gasteiger partial charge in [-0.2, -0.15) is 0 Å². The van der Waals surface area contributed by atoms with Crippen molar-refractivity contribution in [2.75, 3.05) is 31.0 Å². The summed E-state index contributed by atoms with van der Waals surface area (Å²) < 4.78 is 36.2. The third kappa shape index (κ3) is 3.79. The van der Waals surface area contributed by atoms with Crippen LogP contribution in [0.25, 0.3) is 0 Å². The topological polar surface area (TPSA) is 80.6 Å². The SMILES string of the molecule is CCc1ccc(NS(=O)(=O)c2c(C(=O)N3CCOCC3)c(C)n(C)c2C)cc1. The van der Waals surface area contributed by atoms with E-state index in [9.17, 15) is 13.2 Å². The number of hydrogen-bond acceptors (Lipinski definition) is 4. The largest absolute Gasteiger partial charge is 0.378 e. The maximum atomic E-state index is 13.2. The molecule has 0 spiro atoms. The number of anilines is 1. The summed E-state index contributed by atoms with van der Waals surface area (Å²) in [6.07, 6.45) is 0.877. The highest BCUT2D eigenvalue weighted by Gasteiger charge is 2.33. The van der Waals surface area contributed by atoms with Gasteiger partial charge in [0.1, 0.15) is 4.90 Å². The standard InChI is InChI=1S/C20H27N3O4S/c1-5-16-6-8-17(9-7-16)21-28(25,26)19-15(3)22(4)14(2)18(19)20(24)23-10-12-27-13-11-23/h6-9,21H,5,10-13H2,1-4H3. The number of nitrogens with one attached hydrogen (secondary N) is 1. The van der Waals surface area contributed by atoms with Gasteiger partial charge in [-0.25, -0.2) is 8.42 Å². The van der Waals surface area contributed by atoms with E-state index in [-0.39, 0.29) is 16.4 Å². The summed E-state index contributed by atoms with van der Waals surface area (Å²) in [6.45, 7) is 7.36. The molecule has 2 aromatic rings. The molecular formula is C20H27N3O4S. The summed E-state index contributed by atoms with van der Waals surface area (Å²) in [5.41, 5.74) is 3.00. The Kier molecular flexibility index (Phi) is 5.81. The minimum Gasteiger partial charge on any atom is -0.378 e. The Balaban J connectivity index is 2.01. The molecule has 3 rings (SSSR count). The molecule has 1 aliphatic rings. The van der Waals surface area contributed by atoms with Crippen molar-refractivity contribution in [3.8, 4) is 0 Å². The summed E-state index contributed by atoms with van der Waals surface area (Å²) in [5, 5.41) is 0. The summed E-state index contributed by atoms with van der Waals surface area (Å²) >= 11 is 0. The van der Waals surface area contributed by atoms with Crippen molar-refractivity contribution in [1.29, 1.82) is 0 Å². The van der Waals surface area contributed by atoms with Crippen LogP contribution in [0, 0.1) is 13.8 Å². The molecule has 1 aromatic carbocycles. The van der Waals surface area contributed by atoms with Crippen LogP contribution in [0.15, 0.2) is 29.2 Å². The zero-order valence-electron chi connectivity index (χ0n) is 16.8. The summed E-state index contributed by atoms with van der Waals surface area (Å²) in [7, 11) is -2.16. The molecule has 7 nitrogen and oxygen atoms in total. The van der Waals surface area contributed by atoms with E-state index in [0.717, 1.165) is 12.0 Å². The molecular weight excluding hydrogens is 378 g/mol. The van der Waals surface area contributed by atoms with Crippen LogP contribution in [0.5, 0.6) is 0 Å². The molecule has 0 aliphatic carbocycles. The maximum absolute atomic E-state index is 13.2. The van der Waals surface area contributed by atoms with Crippen LogP contribution >= 0.6 is 0 Å². The average molecular weight is 406 g/mol. The molecule has 28 heavy (non-hydrogen) atoms. The molecule has 152 valence electrons. The number of carbonyl (C=O) groups excluding carboxylic acids is 1. The number of benzene rings is 1. The van der Waals surface area contributed by atoms with Gasteiger partial charge in [-0.15, -0.1) is 0 Å². The first-order chi connectivity index (χ1) is 13.3. The predicted octanol–water partition coefficient (Wildman–Crippen LogP) is 2.48. The number of rotatable bonds is 5. The van der Waals surface area contributed by atoms with Gasteiger partial charge in [0, 0.05) is 37.2 Å². The summed E-state index contributed by atoms with van der Waals surface area (Å²) in [6, 6.07) is 7.26. The van der Waals surface area contributed by atoms with E-state index in [1.54, 1.807) is 42.5 Å². The summed E-state index contributed by atoms with van der Waals surface area (Å²) in [4.78, 5) is 14.9. The number of carbonyl (C=O) groups is 1. The maximum Gasteiger partial charge on any atom is 0.264 e. The predicted molar refractivity (Wildman–Crippen MR) is 108 cm³/mol. The van der Waals surface area contributed by atoms with Crippen molar-refractivity contribution in [2.45, 2.75) is 32.1 Å². The lowest BCUT2D eigenvalue weighted by Gasteiger charge is -2.27. The summed E-state index contributed by atoms with van der Waals surface area (Å²) in [5.74, 6) is -0.272. The van der Waals surface area contributed by atoms with Crippen LogP contribution in [0.1, 0.15) is 34.2 Å². The molecule has 0 bridgehead atoms. The molecule has 2 heterocycles. The third-order valence-electron chi connectivity index (χ3n) is 5.32. The minimum atomic E-state index is -3.93. The molecule has 1 aromatic heterocycles. The molecule has 1 fully saturated rings. The Labute approximate surface area is 166 Å². The Hall–Kier alpha value is -2.32. The third-order valence-corrected chi connectivity index (χ3v) is 6.86. The molecule has 1 amide bonds. The van der Waals surface area contributed by atoms with E-state index in [2.05, 4.69) is 4.72 Å². The Morgan fingerprint density at radius 1 is 1.11 bits per heavy atom. The highest BCUT2D eigenvalue weighted by Crippen LogP contribution is 2.29. The molecule has 0 atom stereocenters. The fourth-order valence-electron chi connectivity index (χ4n) is 3.44. The number of ether oxygens (including phenoxy) is 1. The normalized spacial score (nSPS) is 14.9. The second-order valence-electron chi connectivity index (χ2n) is 6.99. The van der Waals surface area contributed by atoms with Crippen LogP contribution in [0.4, 0.5) is 5.69 Å². The van der Waals surface area contributed by atoms with Gasteiger partial charge < -0.3 is 14.2 Å². The van der Waals surface area contributed by atoms with Crippen molar-refractivity contribution < 1.29 is 17.9 Å². The molecule has 0 radical (unpaired) electrons. The average Bonchev–Trinajstić information content (AvgIpc) is 2.93. The fraction of sp³-hybridized carbons (Fsp3) is 0.450. The smallest absolute Gasteiger partial charge is 0.264 e. The van der Waals surface area contributed by atoms with E-state index >= 15 is 0 Å². The number of morpholine rings is 1. The highest BCUT2D eigenvalue weighted by atomic mass is 32.2. The zero-order chi connectivity index (χ0) is 20.5. The second kappa shape index (κ2) is 7.97. The molecule has 1 N–H and O–H groups in total. The number of aryl methyl sites for hydroxylation is 1. The first-order valence-electron chi connectivity index (χ1n) is 9.41. The van der Waals surface area contributed by atoms with Gasteiger partial charge in [-0.05, 0) is 38.0 Å². The molecule has 1 aliphatic heterocycles. The van der Waals surface area contributed by atoms with E-state index in [1.807, 2.05) is 19.1 Å². The minimum absolute atomic E-state index is 0.0450. The van der Waals surface area contributed by atoms with Crippen LogP contribution in [0.2, 0.25) is 0 Å². The van der Waals surface area contributed by atoms with Gasteiger partial charge in [0.15, 0.2) is 0 Å². The van der Waals surface area contributed by atoms with Gasteiger partial charge in [0.2, 0.25) is 0 Å². The lowest BCUT2D eigenvalue weighted by molar-refractivity contribution is 0.0300. The first kappa shape index (κ1) is 20.4. The number of nitrogens with zero attached hydrogens (tertiary/aromatic N) is 2. The van der Waals surface area contributed by atoms with Crippen LogP contribution in [-0.2, 0) is 28.2 Å². The van der Waals surface area contributed by atoms with Gasteiger partial charge in [-0.3, -0.25) is 9.52 Å². The lowest BCUT2D eigenvalue weighted by atomic mass is 10.2. The molecule has 0 unspecified atom stereocenters. The van der Waals surface area contributed by atoms with Gasteiger partial charge in [0.25, 0.3) is 15.9 Å². The monoisotopic (exact) mass is 405 g/mol. The van der Waals surface area contributed by atoms with Crippen LogP contribution in [0.3, 0.4) is 0 Å². The van der Waals surface area contributed by atoms with E-state index in [1.165, 1.54) is 0 Å². The molecule has 8 heteroatoms. The van der Waals surface area contributed by atoms with Gasteiger partial charge in [-0.1, -0.05) is 19.1 Å². The number of aromatic nitrogens is 1. The van der Waals surface area contributed by atoms with Crippen molar-refractivity contribution in [1.82, 2.24) is 9.47 Å². The van der Waals surface area contributed by atoms with Gasteiger partial charge in [0.05, 0.1) is 18.8 Å². The van der Waals surface area contributed by atoms with E-state index < -0.39 is 10.0 Å². The van der Waals surface area contributed by atoms with Crippen LogP contribution < -0.4 is 4.72 Å². The van der Waals surface area contributed by atoms with E-state index in [0.29, 0.717) is 43.4 Å². The van der Waals surface area contributed by atoms with Crippen LogP contribution in [-0.4, -0.2) is 50.1 Å². The Morgan fingerprint density at radius 2 is 1.71 bits per heavy atom. The fourth-order valence-corrected chi connectivity index (χ4v) is 5.01. The van der Waals surface area contributed by atoms with Gasteiger partial charge >= 0.3 is 0 Å². The van der Waals surface area contributed by atoms with Crippen molar-refractivity contribution in [3.63, 3.8) is 0 Å². The first-order valence-corrected chi connectivity index (χ1v) is 10.9. The number of amides is 1. The second-order valence-corrected chi connectivity index (χ2v) is 8.61. The highest BCUT2D eigenvalue weighted by molar-refractivity contribution is 7.92. The Morgan fingerprint density at radius 3 is 2.29 bits per heavy atom. The number of hydrogen-bond donors (Lipinski definition) is 1. The van der Waals surface area contributed by atoms with E-state index in [4.69, 9.17) is 4.74 Å². The van der Waals surface area contributed by atoms with Crippen molar-refractivity contribution in [3.05, 3.63) is 46.8 Å². The van der Waals surface area contributed by atoms with Crippen molar-refractivity contribution in [2.24, 2.45) is 7.05 Å². The zero-order valence-corrected chi connectivity index (χ0v) is 17.6. The molecule has 0 saturated carbocycles.